The molecular formula is C21H24N4O. The van der Waals surface area contributed by atoms with E-state index in [4.69, 9.17) is 0 Å². The zero-order valence-corrected chi connectivity index (χ0v) is 15.7. The molecular weight excluding hydrogens is 324 g/mol. The summed E-state index contributed by atoms with van der Waals surface area (Å²) < 4.78 is 1.96. The van der Waals surface area contributed by atoms with E-state index in [1.54, 1.807) is 18.6 Å². The number of amides is 1. The number of hydrogen-bond donors (Lipinski definition) is 0. The Morgan fingerprint density at radius 1 is 1.23 bits per heavy atom. The van der Waals surface area contributed by atoms with Crippen molar-refractivity contribution in [2.75, 3.05) is 6.54 Å². The quantitative estimate of drug-likeness (QED) is 0.707. The average molecular weight is 348 g/mol. The predicted molar refractivity (Wildman–Crippen MR) is 102 cm³/mol. The summed E-state index contributed by atoms with van der Waals surface area (Å²) in [6.45, 7) is 6.54. The van der Waals surface area contributed by atoms with Gasteiger partial charge in [-0.1, -0.05) is 23.8 Å². The number of aryl methyl sites for hydroxylation is 3. The maximum absolute atomic E-state index is 13.4. The van der Waals surface area contributed by atoms with Crippen molar-refractivity contribution >= 4 is 5.91 Å². The fourth-order valence-corrected chi connectivity index (χ4v) is 3.21. The van der Waals surface area contributed by atoms with Crippen molar-refractivity contribution < 1.29 is 4.79 Å². The average Bonchev–Trinajstić information content (AvgIpc) is 3.07. The number of rotatable bonds is 5. The van der Waals surface area contributed by atoms with Crippen molar-refractivity contribution in [2.45, 2.75) is 26.8 Å². The van der Waals surface area contributed by atoms with E-state index in [0.717, 1.165) is 28.1 Å². The van der Waals surface area contributed by atoms with Gasteiger partial charge in [0.2, 0.25) is 0 Å². The molecule has 1 aromatic carbocycles. The first kappa shape index (κ1) is 17.9. The Kier molecular flexibility index (Phi) is 5.16. The molecule has 5 heteroatoms. The molecule has 0 fully saturated rings. The summed E-state index contributed by atoms with van der Waals surface area (Å²) in [7, 11) is 1.95. The fraction of sp³-hybridized carbons (Fsp3) is 0.286. The van der Waals surface area contributed by atoms with Crippen LogP contribution < -0.4 is 0 Å². The van der Waals surface area contributed by atoms with Crippen molar-refractivity contribution in [1.82, 2.24) is 19.4 Å². The van der Waals surface area contributed by atoms with E-state index in [9.17, 15) is 4.79 Å². The number of pyridine rings is 1. The van der Waals surface area contributed by atoms with Crippen LogP contribution in [-0.4, -0.2) is 31.9 Å². The maximum atomic E-state index is 13.4. The minimum atomic E-state index is -0.291. The van der Waals surface area contributed by atoms with Crippen molar-refractivity contribution in [3.05, 3.63) is 83.2 Å². The number of nitrogens with zero attached hydrogens (tertiary/aromatic N) is 4. The summed E-state index contributed by atoms with van der Waals surface area (Å²) in [5, 5.41) is 0. The van der Waals surface area contributed by atoms with Crippen LogP contribution in [0.2, 0.25) is 0 Å². The first-order chi connectivity index (χ1) is 12.5. The largest absolute Gasteiger partial charge is 0.336 e. The Labute approximate surface area is 154 Å². The Morgan fingerprint density at radius 3 is 2.65 bits per heavy atom. The lowest BCUT2D eigenvalue weighted by Crippen LogP contribution is -2.37. The van der Waals surface area contributed by atoms with E-state index in [2.05, 4.69) is 9.97 Å². The minimum absolute atomic E-state index is 0.00514. The van der Waals surface area contributed by atoms with E-state index in [-0.39, 0.29) is 11.9 Å². The van der Waals surface area contributed by atoms with Gasteiger partial charge in [-0.2, -0.15) is 0 Å². The molecule has 0 bridgehead atoms. The highest BCUT2D eigenvalue weighted by molar-refractivity contribution is 5.96. The van der Waals surface area contributed by atoms with Crippen LogP contribution in [0.15, 0.2) is 55.1 Å². The van der Waals surface area contributed by atoms with E-state index >= 15 is 0 Å². The molecule has 0 aliphatic carbocycles. The van der Waals surface area contributed by atoms with Gasteiger partial charge in [0.1, 0.15) is 11.9 Å². The molecule has 0 N–H and O–H groups in total. The van der Waals surface area contributed by atoms with Gasteiger partial charge in [0.05, 0.1) is 0 Å². The predicted octanol–water partition coefficient (Wildman–Crippen LogP) is 3.68. The van der Waals surface area contributed by atoms with Crippen LogP contribution >= 0.6 is 0 Å². The Bertz CT molecular complexity index is 901. The molecule has 0 aliphatic rings. The molecule has 3 aromatic rings. The SMILES string of the molecule is CCN(C(=O)c1cc(C)ccc1C)C(c1cccnc1)c1nccn1C. The lowest BCUT2D eigenvalue weighted by atomic mass is 10.0. The lowest BCUT2D eigenvalue weighted by molar-refractivity contribution is 0.0708. The third-order valence-electron chi connectivity index (χ3n) is 4.64. The smallest absolute Gasteiger partial charge is 0.255 e. The molecule has 0 aliphatic heterocycles. The van der Waals surface area contributed by atoms with Crippen LogP contribution in [0.5, 0.6) is 0 Å². The van der Waals surface area contributed by atoms with Crippen LogP contribution in [0.25, 0.3) is 0 Å². The molecule has 1 amide bonds. The number of carbonyl (C=O) groups excluding carboxylic acids is 1. The summed E-state index contributed by atoms with van der Waals surface area (Å²) in [4.78, 5) is 24.1. The van der Waals surface area contributed by atoms with E-state index in [1.807, 2.05) is 73.8 Å². The number of benzene rings is 1. The first-order valence-electron chi connectivity index (χ1n) is 8.78. The molecule has 134 valence electrons. The van der Waals surface area contributed by atoms with Gasteiger partial charge >= 0.3 is 0 Å². The molecule has 2 aromatic heterocycles. The highest BCUT2D eigenvalue weighted by atomic mass is 16.2. The molecule has 0 saturated carbocycles. The summed E-state index contributed by atoms with van der Waals surface area (Å²) in [6, 6.07) is 9.57. The van der Waals surface area contributed by atoms with E-state index in [1.165, 1.54) is 0 Å². The highest BCUT2D eigenvalue weighted by Gasteiger charge is 2.30. The minimum Gasteiger partial charge on any atom is -0.336 e. The van der Waals surface area contributed by atoms with Gasteiger partial charge in [0.15, 0.2) is 0 Å². The number of hydrogen-bond acceptors (Lipinski definition) is 3. The molecule has 1 atom stereocenters. The lowest BCUT2D eigenvalue weighted by Gasteiger charge is -2.31. The van der Waals surface area contributed by atoms with Gasteiger partial charge in [-0.25, -0.2) is 4.98 Å². The Hall–Kier alpha value is -2.95. The van der Waals surface area contributed by atoms with Crippen molar-refractivity contribution in [3.8, 4) is 0 Å². The van der Waals surface area contributed by atoms with Gasteiger partial charge < -0.3 is 9.47 Å². The summed E-state index contributed by atoms with van der Waals surface area (Å²) >= 11 is 0. The number of imidazole rings is 1. The molecule has 0 spiro atoms. The van der Waals surface area contributed by atoms with E-state index < -0.39 is 0 Å². The van der Waals surface area contributed by atoms with Gasteiger partial charge in [-0.15, -0.1) is 0 Å². The molecule has 5 nitrogen and oxygen atoms in total. The third-order valence-corrected chi connectivity index (χ3v) is 4.64. The summed E-state index contributed by atoms with van der Waals surface area (Å²) in [6.07, 6.45) is 7.20. The number of carbonyl (C=O) groups is 1. The number of aromatic nitrogens is 3. The van der Waals surface area contributed by atoms with Crippen molar-refractivity contribution in [3.63, 3.8) is 0 Å². The maximum Gasteiger partial charge on any atom is 0.255 e. The standard InChI is InChI=1S/C21H24N4O/c1-5-25(21(26)18-13-15(2)8-9-16(18)3)19(17-7-6-10-22-14-17)20-23-11-12-24(20)4/h6-14,19H,5H2,1-4H3. The van der Waals surface area contributed by atoms with Gasteiger partial charge in [0.25, 0.3) is 5.91 Å². The third kappa shape index (κ3) is 3.38. The van der Waals surface area contributed by atoms with Gasteiger partial charge in [-0.3, -0.25) is 9.78 Å². The molecule has 1 unspecified atom stereocenters. The van der Waals surface area contributed by atoms with Crippen LogP contribution in [0.1, 0.15) is 45.8 Å². The van der Waals surface area contributed by atoms with Crippen LogP contribution in [-0.2, 0) is 7.05 Å². The zero-order valence-electron chi connectivity index (χ0n) is 15.7. The van der Waals surface area contributed by atoms with Crippen molar-refractivity contribution in [2.24, 2.45) is 7.05 Å². The van der Waals surface area contributed by atoms with Crippen LogP contribution in [0.3, 0.4) is 0 Å². The second-order valence-corrected chi connectivity index (χ2v) is 6.49. The zero-order chi connectivity index (χ0) is 18.7. The topological polar surface area (TPSA) is 51.0 Å². The second kappa shape index (κ2) is 7.52. The first-order valence-corrected chi connectivity index (χ1v) is 8.78. The van der Waals surface area contributed by atoms with Crippen LogP contribution in [0, 0.1) is 13.8 Å². The Morgan fingerprint density at radius 2 is 2.04 bits per heavy atom. The normalized spacial score (nSPS) is 12.0. The Balaban J connectivity index is 2.10. The van der Waals surface area contributed by atoms with Gasteiger partial charge in [-0.05, 0) is 38.5 Å². The molecule has 2 heterocycles. The summed E-state index contributed by atoms with van der Waals surface area (Å²) in [5.74, 6) is 0.823. The molecule has 26 heavy (non-hydrogen) atoms. The molecule has 0 saturated heterocycles. The van der Waals surface area contributed by atoms with E-state index in [0.29, 0.717) is 6.54 Å². The van der Waals surface area contributed by atoms with Crippen LogP contribution in [0.4, 0.5) is 0 Å². The fourth-order valence-electron chi connectivity index (χ4n) is 3.21. The molecule has 3 rings (SSSR count). The monoisotopic (exact) mass is 348 g/mol. The highest BCUT2D eigenvalue weighted by Crippen LogP contribution is 2.29. The molecule has 0 radical (unpaired) electrons. The summed E-state index contributed by atoms with van der Waals surface area (Å²) in [5.41, 5.74) is 3.73. The van der Waals surface area contributed by atoms with Crippen molar-refractivity contribution in [1.29, 1.82) is 0 Å². The second-order valence-electron chi connectivity index (χ2n) is 6.49. The van der Waals surface area contributed by atoms with Gasteiger partial charge in [0, 0.05) is 49.5 Å².